The first-order valence-corrected chi connectivity index (χ1v) is 6.26. The average Bonchev–Trinajstić information content (AvgIpc) is 2.16. The molecule has 6 heteroatoms. The van der Waals surface area contributed by atoms with Crippen LogP contribution in [0.2, 0.25) is 0 Å². The molecule has 1 rings (SSSR count). The molecule has 4 N–H and O–H groups in total. The van der Waals surface area contributed by atoms with Crippen LogP contribution in [0.25, 0.3) is 5.76 Å². The van der Waals surface area contributed by atoms with Crippen molar-refractivity contribution in [3.8, 4) is 0 Å². The van der Waals surface area contributed by atoms with E-state index in [2.05, 4.69) is 0 Å². The van der Waals surface area contributed by atoms with Crippen LogP contribution in [0.15, 0.2) is 35.2 Å². The Morgan fingerprint density at radius 3 is 2.19 bits per heavy atom. The van der Waals surface area contributed by atoms with E-state index in [1.54, 1.807) is 18.2 Å². The van der Waals surface area contributed by atoms with Gasteiger partial charge in [-0.15, -0.1) is 0 Å². The Morgan fingerprint density at radius 2 is 1.81 bits per heavy atom. The highest BCUT2D eigenvalue weighted by Gasteiger charge is 2.21. The molecular formula is C10H12N2O3S. The second-order valence-corrected chi connectivity index (χ2v) is 5.18. The number of hydrogen-bond acceptors (Lipinski definition) is 4. The maximum atomic E-state index is 11.3. The van der Waals surface area contributed by atoms with Gasteiger partial charge in [-0.25, -0.2) is 8.42 Å². The molecule has 86 valence electrons. The summed E-state index contributed by atoms with van der Waals surface area (Å²) in [5.74, 6) is -1.18. The Balaban J connectivity index is 3.47. The monoisotopic (exact) mass is 240 g/mol. The fraction of sp³-hybridized carbons (Fsp3) is 0.100. The highest BCUT2D eigenvalue weighted by molar-refractivity contribution is 7.95. The Labute approximate surface area is 93.6 Å². The lowest BCUT2D eigenvalue weighted by molar-refractivity contribution is 0.510. The van der Waals surface area contributed by atoms with Crippen molar-refractivity contribution < 1.29 is 13.5 Å². The van der Waals surface area contributed by atoms with E-state index in [1.807, 2.05) is 0 Å². The molecule has 1 aromatic rings. The molecule has 5 nitrogen and oxygen atoms in total. The van der Waals surface area contributed by atoms with Crippen molar-refractivity contribution in [3.63, 3.8) is 0 Å². The van der Waals surface area contributed by atoms with Crippen molar-refractivity contribution >= 4 is 21.4 Å². The number of sulfone groups is 1. The van der Waals surface area contributed by atoms with E-state index in [-0.39, 0.29) is 0 Å². The van der Waals surface area contributed by atoms with Crippen molar-refractivity contribution in [3.05, 3.63) is 40.8 Å². The molecule has 0 radical (unpaired) electrons. The summed E-state index contributed by atoms with van der Waals surface area (Å²) in [5.41, 5.74) is 5.45. The second-order valence-electron chi connectivity index (χ2n) is 3.23. The minimum atomic E-state index is -3.73. The van der Waals surface area contributed by atoms with Crippen molar-refractivity contribution in [2.75, 3.05) is 6.26 Å². The number of amidine groups is 1. The topological polar surface area (TPSA) is 104 Å². The first-order valence-electron chi connectivity index (χ1n) is 4.37. The summed E-state index contributed by atoms with van der Waals surface area (Å²) in [4.78, 5) is -0.557. The highest BCUT2D eigenvalue weighted by atomic mass is 32.2. The van der Waals surface area contributed by atoms with Crippen molar-refractivity contribution in [2.24, 2.45) is 5.73 Å². The largest absolute Gasteiger partial charge is 0.506 e. The minimum absolute atomic E-state index is 0.304. The molecule has 0 fully saturated rings. The van der Waals surface area contributed by atoms with Gasteiger partial charge in [0.15, 0.2) is 14.7 Å². The maximum Gasteiger partial charge on any atom is 0.182 e. The van der Waals surface area contributed by atoms with Crippen LogP contribution in [0.5, 0.6) is 0 Å². The third-order valence-electron chi connectivity index (χ3n) is 1.88. The van der Waals surface area contributed by atoms with Gasteiger partial charge >= 0.3 is 0 Å². The number of aliphatic hydroxyl groups excluding tert-OH is 1. The van der Waals surface area contributed by atoms with Gasteiger partial charge in [0.1, 0.15) is 11.6 Å². The predicted molar refractivity (Wildman–Crippen MR) is 62.7 cm³/mol. The van der Waals surface area contributed by atoms with Gasteiger partial charge in [-0.1, -0.05) is 30.3 Å². The quantitative estimate of drug-likeness (QED) is 0.414. The first kappa shape index (κ1) is 12.3. The first-order chi connectivity index (χ1) is 7.34. The number of aliphatic hydroxyl groups is 1. The molecule has 0 amide bonds. The Kier molecular flexibility index (Phi) is 3.34. The lowest BCUT2D eigenvalue weighted by Gasteiger charge is -2.07. The van der Waals surface area contributed by atoms with E-state index in [0.29, 0.717) is 5.56 Å². The molecule has 0 heterocycles. The lowest BCUT2D eigenvalue weighted by Crippen LogP contribution is -2.21. The van der Waals surface area contributed by atoms with Crippen LogP contribution in [-0.2, 0) is 9.84 Å². The summed E-state index contributed by atoms with van der Waals surface area (Å²) in [5, 5.41) is 16.9. The standard InChI is InChI=1S/C10H12N2O3S/c1-16(14,15)9(10(11)12)8(13)7-5-3-2-4-6-7/h2-6,13H,1H3,(H3,11,12)/b9-8-. The maximum absolute atomic E-state index is 11.3. The fourth-order valence-electron chi connectivity index (χ4n) is 1.23. The molecule has 0 aliphatic heterocycles. The van der Waals surface area contributed by atoms with Crippen molar-refractivity contribution in [1.29, 1.82) is 5.41 Å². The van der Waals surface area contributed by atoms with Crippen LogP contribution in [-0.4, -0.2) is 25.6 Å². The van der Waals surface area contributed by atoms with E-state index in [0.717, 1.165) is 6.26 Å². The summed E-state index contributed by atoms with van der Waals surface area (Å²) in [6.45, 7) is 0. The van der Waals surface area contributed by atoms with Gasteiger partial charge in [-0.05, 0) is 0 Å². The van der Waals surface area contributed by atoms with Crippen LogP contribution in [0.1, 0.15) is 5.56 Å². The summed E-state index contributed by atoms with van der Waals surface area (Å²) < 4.78 is 22.7. The number of hydrogen-bond donors (Lipinski definition) is 3. The second kappa shape index (κ2) is 4.36. The smallest absolute Gasteiger partial charge is 0.182 e. The van der Waals surface area contributed by atoms with Crippen LogP contribution in [0, 0.1) is 5.41 Å². The van der Waals surface area contributed by atoms with E-state index < -0.39 is 26.3 Å². The molecule has 0 aliphatic rings. The van der Waals surface area contributed by atoms with Gasteiger partial charge in [-0.2, -0.15) is 0 Å². The number of nitrogens with one attached hydrogen (secondary N) is 1. The van der Waals surface area contributed by atoms with Crippen molar-refractivity contribution in [1.82, 2.24) is 0 Å². The predicted octanol–water partition coefficient (Wildman–Crippen LogP) is 0.894. The van der Waals surface area contributed by atoms with E-state index in [9.17, 15) is 13.5 Å². The van der Waals surface area contributed by atoms with Gasteiger partial charge in [-0.3, -0.25) is 5.41 Å². The molecule has 0 aromatic heterocycles. The van der Waals surface area contributed by atoms with Gasteiger partial charge in [0.05, 0.1) is 0 Å². The molecule has 0 unspecified atom stereocenters. The zero-order valence-corrected chi connectivity index (χ0v) is 9.45. The van der Waals surface area contributed by atoms with Crippen LogP contribution in [0.4, 0.5) is 0 Å². The fourth-order valence-corrected chi connectivity index (χ4v) is 2.10. The molecule has 0 bridgehead atoms. The van der Waals surface area contributed by atoms with Gasteiger partial charge in [0.2, 0.25) is 0 Å². The number of benzene rings is 1. The third-order valence-corrected chi connectivity index (χ3v) is 3.03. The summed E-state index contributed by atoms with van der Waals surface area (Å²) in [6, 6.07) is 8.08. The highest BCUT2D eigenvalue weighted by Crippen LogP contribution is 2.19. The average molecular weight is 240 g/mol. The zero-order chi connectivity index (χ0) is 12.3. The SMILES string of the molecule is CS(=O)(=O)/C(C(=N)N)=C(\O)c1ccccc1. The van der Waals surface area contributed by atoms with E-state index in [4.69, 9.17) is 11.1 Å². The Morgan fingerprint density at radius 1 is 1.31 bits per heavy atom. The number of nitrogens with two attached hydrogens (primary N) is 1. The summed E-state index contributed by atoms with van der Waals surface area (Å²) >= 11 is 0. The molecule has 0 atom stereocenters. The molecule has 0 aliphatic carbocycles. The van der Waals surface area contributed by atoms with E-state index >= 15 is 0 Å². The Bertz CT molecular complexity index is 532. The van der Waals surface area contributed by atoms with Crippen molar-refractivity contribution in [2.45, 2.75) is 0 Å². The van der Waals surface area contributed by atoms with Gasteiger partial charge < -0.3 is 10.8 Å². The zero-order valence-electron chi connectivity index (χ0n) is 8.64. The van der Waals surface area contributed by atoms with E-state index in [1.165, 1.54) is 12.1 Å². The Hall–Kier alpha value is -1.82. The normalized spacial score (nSPS) is 13.1. The van der Waals surface area contributed by atoms with Crippen LogP contribution in [0.3, 0.4) is 0 Å². The molecule has 0 saturated carbocycles. The summed E-state index contributed by atoms with van der Waals surface area (Å²) in [6.07, 6.45) is 0.892. The molecule has 0 saturated heterocycles. The lowest BCUT2D eigenvalue weighted by atomic mass is 10.2. The van der Waals surface area contributed by atoms with Gasteiger partial charge in [0.25, 0.3) is 0 Å². The van der Waals surface area contributed by atoms with Gasteiger partial charge in [0, 0.05) is 11.8 Å². The van der Waals surface area contributed by atoms with Crippen LogP contribution >= 0.6 is 0 Å². The summed E-state index contributed by atoms with van der Waals surface area (Å²) in [7, 11) is -3.73. The third kappa shape index (κ3) is 2.60. The molecule has 1 aromatic carbocycles. The minimum Gasteiger partial charge on any atom is -0.506 e. The molecular weight excluding hydrogens is 228 g/mol. The van der Waals surface area contributed by atoms with Crippen LogP contribution < -0.4 is 5.73 Å². The number of rotatable bonds is 3. The molecule has 16 heavy (non-hydrogen) atoms. The molecule has 0 spiro atoms.